The van der Waals surface area contributed by atoms with Gasteiger partial charge in [-0.1, -0.05) is 30.3 Å². The van der Waals surface area contributed by atoms with Crippen LogP contribution >= 0.6 is 11.3 Å². The minimum Gasteiger partial charge on any atom is -0.474 e. The first-order valence-corrected chi connectivity index (χ1v) is 8.66. The predicted octanol–water partition coefficient (Wildman–Crippen LogP) is 3.87. The Morgan fingerprint density at radius 1 is 1.20 bits per heavy atom. The summed E-state index contributed by atoms with van der Waals surface area (Å²) in [5.41, 5.74) is 6.28. The lowest BCUT2D eigenvalue weighted by Crippen LogP contribution is -2.21. The normalized spacial score (nSPS) is 11.9. The number of benzene rings is 2. The van der Waals surface area contributed by atoms with Gasteiger partial charge in [0.1, 0.15) is 11.6 Å². The van der Waals surface area contributed by atoms with Gasteiger partial charge in [-0.05, 0) is 36.6 Å². The van der Waals surface area contributed by atoms with Gasteiger partial charge in [-0.15, -0.1) is 11.3 Å². The molecule has 0 spiro atoms. The lowest BCUT2D eigenvalue weighted by atomic mass is 10.1. The zero-order chi connectivity index (χ0) is 17.8. The Bertz CT molecular complexity index is 905. The molecule has 0 amide bonds. The summed E-state index contributed by atoms with van der Waals surface area (Å²) in [4.78, 5) is 13.0. The van der Waals surface area contributed by atoms with Crippen LogP contribution in [-0.2, 0) is 9.53 Å². The second-order valence-corrected chi connectivity index (χ2v) is 6.47. The van der Waals surface area contributed by atoms with Crippen LogP contribution in [0.2, 0.25) is 0 Å². The van der Waals surface area contributed by atoms with Gasteiger partial charge in [0.25, 0.3) is 0 Å². The molecule has 0 bridgehead atoms. The fraction of sp³-hybridized carbons (Fsp3) is 0.158. The van der Waals surface area contributed by atoms with Crippen LogP contribution in [0.15, 0.2) is 54.6 Å². The van der Waals surface area contributed by atoms with Crippen LogP contribution in [0.4, 0.5) is 0 Å². The Kier molecular flexibility index (Phi) is 5.00. The molecule has 1 aromatic heterocycles. The minimum atomic E-state index is -0.828. The average molecular weight is 354 g/mol. The van der Waals surface area contributed by atoms with E-state index in [0.717, 1.165) is 15.6 Å². The monoisotopic (exact) mass is 354 g/mol. The van der Waals surface area contributed by atoms with E-state index in [-0.39, 0.29) is 12.4 Å². The summed E-state index contributed by atoms with van der Waals surface area (Å²) in [6, 6.07) is 16.7. The van der Waals surface area contributed by atoms with Crippen LogP contribution < -0.4 is 10.5 Å². The lowest BCUT2D eigenvalue weighted by molar-refractivity contribution is -0.151. The van der Waals surface area contributed by atoms with Crippen molar-refractivity contribution in [3.63, 3.8) is 0 Å². The summed E-state index contributed by atoms with van der Waals surface area (Å²) < 4.78 is 12.0. The molecular weight excluding hydrogens is 336 g/mol. The summed E-state index contributed by atoms with van der Waals surface area (Å²) in [5.74, 6) is 0.174. The summed E-state index contributed by atoms with van der Waals surface area (Å²) in [7, 11) is 0. The third kappa shape index (κ3) is 3.80. The molecule has 5 nitrogen and oxygen atoms in total. The van der Waals surface area contributed by atoms with Crippen molar-refractivity contribution in [2.24, 2.45) is 5.73 Å². The van der Waals surface area contributed by atoms with Gasteiger partial charge in [0.2, 0.25) is 6.10 Å². The molecule has 0 aliphatic heterocycles. The van der Waals surface area contributed by atoms with E-state index in [2.05, 4.69) is 0 Å². The van der Waals surface area contributed by atoms with E-state index in [1.165, 1.54) is 11.3 Å². The number of carbonyl (C=O) groups excluding carboxylic acids is 1. The summed E-state index contributed by atoms with van der Waals surface area (Å²) in [5, 5.41) is 8.53. The second-order valence-electron chi connectivity index (χ2n) is 5.38. The van der Waals surface area contributed by atoms with Crippen molar-refractivity contribution in [2.75, 3.05) is 6.61 Å². The molecule has 6 heteroatoms. The molecule has 1 atom stereocenters. The molecule has 0 saturated carbocycles. The molecule has 3 aromatic rings. The second kappa shape index (κ2) is 7.36. The van der Waals surface area contributed by atoms with Crippen LogP contribution in [-0.4, -0.2) is 18.4 Å². The number of nitrogens with two attached hydrogens (primary N) is 1. The molecule has 0 unspecified atom stereocenters. The molecule has 1 heterocycles. The molecule has 0 radical (unpaired) electrons. The number of esters is 1. The van der Waals surface area contributed by atoms with E-state index in [0.29, 0.717) is 10.6 Å². The van der Waals surface area contributed by atoms with Gasteiger partial charge in [0.05, 0.1) is 11.5 Å². The number of hydrogen-bond acceptors (Lipinski definition) is 5. The van der Waals surface area contributed by atoms with Crippen LogP contribution in [0.1, 0.15) is 23.5 Å². The maximum atomic E-state index is 12.3. The van der Waals surface area contributed by atoms with Crippen LogP contribution in [0.5, 0.6) is 5.75 Å². The topological polar surface area (TPSA) is 85.4 Å². The summed E-state index contributed by atoms with van der Waals surface area (Å²) in [6.45, 7) is 2.05. The molecule has 25 heavy (non-hydrogen) atoms. The maximum Gasteiger partial charge on any atom is 0.352 e. The highest BCUT2D eigenvalue weighted by molar-refractivity contribution is 7.20. The fourth-order valence-corrected chi connectivity index (χ4v) is 3.40. The Hall–Kier alpha value is -2.86. The standard InChI is InChI=1S/C19H18N2O3S/c1-2-23-19(22)17(12-6-4-3-5-7-12)24-14-9-8-13-10-16(18(20)21)25-15(13)11-14/h3-11,17H,2H2,1H3,(H3,20,21)/t17-/m1/s1. The number of ether oxygens (including phenoxy) is 2. The Labute approximate surface area is 149 Å². The van der Waals surface area contributed by atoms with Gasteiger partial charge < -0.3 is 15.2 Å². The number of carbonyl (C=O) groups is 1. The van der Waals surface area contributed by atoms with Crippen molar-refractivity contribution < 1.29 is 14.3 Å². The van der Waals surface area contributed by atoms with Crippen LogP contribution in [0, 0.1) is 5.41 Å². The molecule has 2 aromatic carbocycles. The Balaban J connectivity index is 1.92. The number of fused-ring (bicyclic) bond motifs is 1. The van der Waals surface area contributed by atoms with Gasteiger partial charge in [0.15, 0.2) is 0 Å². The first-order chi connectivity index (χ1) is 12.1. The lowest BCUT2D eigenvalue weighted by Gasteiger charge is -2.18. The molecule has 0 aliphatic carbocycles. The molecule has 0 aliphatic rings. The third-order valence-electron chi connectivity index (χ3n) is 3.61. The van der Waals surface area contributed by atoms with Crippen LogP contribution in [0.3, 0.4) is 0 Å². The van der Waals surface area contributed by atoms with E-state index >= 15 is 0 Å². The maximum absolute atomic E-state index is 12.3. The van der Waals surface area contributed by atoms with Crippen molar-refractivity contribution in [2.45, 2.75) is 13.0 Å². The van der Waals surface area contributed by atoms with Crippen molar-refractivity contribution >= 4 is 33.2 Å². The average Bonchev–Trinajstić information content (AvgIpc) is 3.04. The SMILES string of the molecule is CCOC(=O)[C@H](Oc1ccc2cc(C(=N)N)sc2c1)c1ccccc1. The van der Waals surface area contributed by atoms with E-state index in [4.69, 9.17) is 20.6 Å². The quantitative estimate of drug-likeness (QED) is 0.400. The summed E-state index contributed by atoms with van der Waals surface area (Å²) in [6.07, 6.45) is -0.828. The van der Waals surface area contributed by atoms with Gasteiger partial charge in [0, 0.05) is 10.3 Å². The number of thiophene rings is 1. The van der Waals surface area contributed by atoms with E-state index in [1.54, 1.807) is 13.0 Å². The van der Waals surface area contributed by atoms with Crippen molar-refractivity contribution in [3.05, 3.63) is 65.0 Å². The molecule has 0 fully saturated rings. The van der Waals surface area contributed by atoms with Crippen LogP contribution in [0.25, 0.3) is 10.1 Å². The van der Waals surface area contributed by atoms with Gasteiger partial charge in [-0.3, -0.25) is 5.41 Å². The number of amidine groups is 1. The summed E-state index contributed by atoms with van der Waals surface area (Å²) >= 11 is 1.42. The predicted molar refractivity (Wildman–Crippen MR) is 99.3 cm³/mol. The van der Waals surface area contributed by atoms with Gasteiger partial charge in [-0.2, -0.15) is 0 Å². The van der Waals surface area contributed by atoms with E-state index < -0.39 is 12.1 Å². The van der Waals surface area contributed by atoms with Crippen molar-refractivity contribution in [1.29, 1.82) is 5.41 Å². The third-order valence-corrected chi connectivity index (χ3v) is 4.75. The van der Waals surface area contributed by atoms with Crippen molar-refractivity contribution in [3.8, 4) is 5.75 Å². The highest BCUT2D eigenvalue weighted by Gasteiger charge is 2.24. The first kappa shape index (κ1) is 17.0. The van der Waals surface area contributed by atoms with Gasteiger partial charge in [-0.25, -0.2) is 4.79 Å². The highest BCUT2D eigenvalue weighted by Crippen LogP contribution is 2.31. The highest BCUT2D eigenvalue weighted by atomic mass is 32.1. The zero-order valence-electron chi connectivity index (χ0n) is 13.7. The molecule has 3 rings (SSSR count). The number of rotatable bonds is 6. The van der Waals surface area contributed by atoms with Gasteiger partial charge >= 0.3 is 5.97 Å². The number of nitrogens with one attached hydrogen (secondary N) is 1. The van der Waals surface area contributed by atoms with Crippen molar-refractivity contribution in [1.82, 2.24) is 0 Å². The smallest absolute Gasteiger partial charge is 0.352 e. The first-order valence-electron chi connectivity index (χ1n) is 7.84. The molecule has 128 valence electrons. The number of nitrogen functional groups attached to an aromatic ring is 1. The van der Waals surface area contributed by atoms with E-state index in [9.17, 15) is 4.79 Å². The fourth-order valence-electron chi connectivity index (χ4n) is 2.45. The van der Waals surface area contributed by atoms with E-state index in [1.807, 2.05) is 48.5 Å². The Morgan fingerprint density at radius 2 is 1.96 bits per heavy atom. The molecule has 0 saturated heterocycles. The Morgan fingerprint density at radius 3 is 2.64 bits per heavy atom. The zero-order valence-corrected chi connectivity index (χ0v) is 14.5. The minimum absolute atomic E-state index is 0.0392. The number of hydrogen-bond donors (Lipinski definition) is 2. The molecule has 3 N–H and O–H groups in total. The largest absolute Gasteiger partial charge is 0.474 e. The molecular formula is C19H18N2O3S.